The molecule has 0 bridgehead atoms. The van der Waals surface area contributed by atoms with Crippen LogP contribution in [-0.4, -0.2) is 14.2 Å². The predicted octanol–water partition coefficient (Wildman–Crippen LogP) is 3.37. The molecule has 0 aliphatic rings. The van der Waals surface area contributed by atoms with Crippen LogP contribution in [0.1, 0.15) is 19.4 Å². The summed E-state index contributed by atoms with van der Waals surface area (Å²) in [4.78, 5) is 0. The molecule has 0 saturated heterocycles. The molecule has 0 spiro atoms. The lowest BCUT2D eigenvalue weighted by Crippen LogP contribution is -1.89. The molecule has 0 amide bonds. The minimum Gasteiger partial charge on any atom is -0.497 e. The van der Waals surface area contributed by atoms with Crippen molar-refractivity contribution in [3.63, 3.8) is 0 Å². The molecule has 15 heavy (non-hydrogen) atoms. The van der Waals surface area contributed by atoms with E-state index in [4.69, 9.17) is 9.47 Å². The second kappa shape index (κ2) is 5.44. The SMILES string of the molecule is COc1ccc(OC)c(/C=C/C(C)C)c1. The monoisotopic (exact) mass is 206 g/mol. The average molecular weight is 206 g/mol. The van der Waals surface area contributed by atoms with Crippen LogP contribution >= 0.6 is 0 Å². The van der Waals surface area contributed by atoms with Crippen molar-refractivity contribution in [2.45, 2.75) is 13.8 Å². The van der Waals surface area contributed by atoms with Gasteiger partial charge in [-0.05, 0) is 24.1 Å². The molecule has 0 radical (unpaired) electrons. The van der Waals surface area contributed by atoms with E-state index in [9.17, 15) is 0 Å². The maximum Gasteiger partial charge on any atom is 0.126 e. The summed E-state index contributed by atoms with van der Waals surface area (Å²) < 4.78 is 10.4. The Hall–Kier alpha value is -1.44. The Morgan fingerprint density at radius 3 is 2.40 bits per heavy atom. The number of allylic oxidation sites excluding steroid dienone is 1. The Morgan fingerprint density at radius 1 is 1.13 bits per heavy atom. The molecule has 0 unspecified atom stereocenters. The van der Waals surface area contributed by atoms with Gasteiger partial charge < -0.3 is 9.47 Å². The molecular weight excluding hydrogens is 188 g/mol. The normalized spacial score (nSPS) is 11.0. The van der Waals surface area contributed by atoms with Gasteiger partial charge in [0.25, 0.3) is 0 Å². The molecule has 82 valence electrons. The average Bonchev–Trinajstić information content (AvgIpc) is 2.25. The molecule has 0 aromatic heterocycles. The Balaban J connectivity index is 3.01. The largest absolute Gasteiger partial charge is 0.497 e. The molecule has 0 aliphatic carbocycles. The van der Waals surface area contributed by atoms with Crippen LogP contribution in [0.15, 0.2) is 24.3 Å². The summed E-state index contributed by atoms with van der Waals surface area (Å²) in [6.45, 7) is 4.28. The predicted molar refractivity (Wildman–Crippen MR) is 63.4 cm³/mol. The molecule has 0 heterocycles. The van der Waals surface area contributed by atoms with Gasteiger partial charge in [0.05, 0.1) is 14.2 Å². The van der Waals surface area contributed by atoms with E-state index in [2.05, 4.69) is 26.0 Å². The molecule has 0 aliphatic heterocycles. The van der Waals surface area contributed by atoms with Crippen LogP contribution in [0.4, 0.5) is 0 Å². The smallest absolute Gasteiger partial charge is 0.126 e. The van der Waals surface area contributed by atoms with Gasteiger partial charge in [-0.15, -0.1) is 0 Å². The Labute approximate surface area is 91.5 Å². The van der Waals surface area contributed by atoms with Crippen LogP contribution in [0.3, 0.4) is 0 Å². The van der Waals surface area contributed by atoms with E-state index in [-0.39, 0.29) is 0 Å². The van der Waals surface area contributed by atoms with Crippen LogP contribution in [0.5, 0.6) is 11.5 Å². The lowest BCUT2D eigenvalue weighted by molar-refractivity contribution is 0.402. The van der Waals surface area contributed by atoms with Gasteiger partial charge in [-0.2, -0.15) is 0 Å². The summed E-state index contributed by atoms with van der Waals surface area (Å²) in [5, 5.41) is 0. The van der Waals surface area contributed by atoms with Crippen LogP contribution in [0, 0.1) is 5.92 Å². The molecule has 1 aromatic carbocycles. The van der Waals surface area contributed by atoms with Crippen LogP contribution < -0.4 is 9.47 Å². The first kappa shape index (κ1) is 11.6. The molecule has 0 fully saturated rings. The quantitative estimate of drug-likeness (QED) is 0.752. The molecule has 0 atom stereocenters. The van der Waals surface area contributed by atoms with Crippen molar-refractivity contribution in [3.8, 4) is 11.5 Å². The highest BCUT2D eigenvalue weighted by Gasteiger charge is 2.01. The van der Waals surface area contributed by atoms with Crippen molar-refractivity contribution in [1.82, 2.24) is 0 Å². The zero-order valence-corrected chi connectivity index (χ0v) is 9.78. The topological polar surface area (TPSA) is 18.5 Å². The molecule has 1 rings (SSSR count). The first-order valence-corrected chi connectivity index (χ1v) is 5.07. The van der Waals surface area contributed by atoms with Gasteiger partial charge in [0.1, 0.15) is 11.5 Å². The number of methoxy groups -OCH3 is 2. The minimum atomic E-state index is 0.529. The Morgan fingerprint density at radius 2 is 1.87 bits per heavy atom. The third kappa shape index (κ3) is 3.31. The summed E-state index contributed by atoms with van der Waals surface area (Å²) in [6, 6.07) is 5.78. The summed E-state index contributed by atoms with van der Waals surface area (Å²) in [7, 11) is 3.34. The van der Waals surface area contributed by atoms with E-state index in [1.165, 1.54) is 0 Å². The van der Waals surface area contributed by atoms with Crippen LogP contribution in [0.2, 0.25) is 0 Å². The molecular formula is C13H18O2. The van der Waals surface area contributed by atoms with Gasteiger partial charge in [0, 0.05) is 5.56 Å². The number of hydrogen-bond acceptors (Lipinski definition) is 2. The van der Waals surface area contributed by atoms with E-state index < -0.39 is 0 Å². The minimum absolute atomic E-state index is 0.529. The third-order valence-electron chi connectivity index (χ3n) is 2.10. The lowest BCUT2D eigenvalue weighted by atomic mass is 10.1. The standard InChI is InChI=1S/C13H18O2/c1-10(2)5-6-11-9-12(14-3)7-8-13(11)15-4/h5-10H,1-4H3/b6-5+. The fourth-order valence-corrected chi connectivity index (χ4v) is 1.27. The fraction of sp³-hybridized carbons (Fsp3) is 0.385. The number of hydrogen-bond donors (Lipinski definition) is 0. The van der Waals surface area contributed by atoms with E-state index >= 15 is 0 Å². The van der Waals surface area contributed by atoms with Crippen molar-refractivity contribution in [1.29, 1.82) is 0 Å². The van der Waals surface area contributed by atoms with Crippen molar-refractivity contribution in [2.24, 2.45) is 5.92 Å². The van der Waals surface area contributed by atoms with Crippen molar-refractivity contribution < 1.29 is 9.47 Å². The fourth-order valence-electron chi connectivity index (χ4n) is 1.27. The number of rotatable bonds is 4. The Kier molecular flexibility index (Phi) is 4.22. The van der Waals surface area contributed by atoms with E-state index in [1.54, 1.807) is 14.2 Å². The van der Waals surface area contributed by atoms with Gasteiger partial charge in [-0.3, -0.25) is 0 Å². The van der Waals surface area contributed by atoms with Gasteiger partial charge in [0.15, 0.2) is 0 Å². The summed E-state index contributed by atoms with van der Waals surface area (Å²) >= 11 is 0. The van der Waals surface area contributed by atoms with Crippen molar-refractivity contribution in [3.05, 3.63) is 29.8 Å². The first-order valence-electron chi connectivity index (χ1n) is 5.07. The van der Waals surface area contributed by atoms with Crippen LogP contribution in [0.25, 0.3) is 6.08 Å². The van der Waals surface area contributed by atoms with E-state index in [1.807, 2.05) is 18.2 Å². The van der Waals surface area contributed by atoms with Crippen LogP contribution in [-0.2, 0) is 0 Å². The first-order chi connectivity index (χ1) is 7.17. The Bertz CT molecular complexity index is 340. The highest BCUT2D eigenvalue weighted by molar-refractivity contribution is 5.59. The number of benzene rings is 1. The summed E-state index contributed by atoms with van der Waals surface area (Å²) in [6.07, 6.45) is 4.20. The zero-order chi connectivity index (χ0) is 11.3. The van der Waals surface area contributed by atoms with Gasteiger partial charge in [0.2, 0.25) is 0 Å². The van der Waals surface area contributed by atoms with Gasteiger partial charge in [-0.25, -0.2) is 0 Å². The maximum absolute atomic E-state index is 5.27. The van der Waals surface area contributed by atoms with E-state index in [0.29, 0.717) is 5.92 Å². The van der Waals surface area contributed by atoms with E-state index in [0.717, 1.165) is 17.1 Å². The van der Waals surface area contributed by atoms with Crippen molar-refractivity contribution >= 4 is 6.08 Å². The van der Waals surface area contributed by atoms with Gasteiger partial charge >= 0.3 is 0 Å². The molecule has 0 N–H and O–H groups in total. The zero-order valence-electron chi connectivity index (χ0n) is 9.78. The van der Waals surface area contributed by atoms with Gasteiger partial charge in [-0.1, -0.05) is 26.0 Å². The maximum atomic E-state index is 5.27. The molecule has 0 saturated carbocycles. The molecule has 2 heteroatoms. The second-order valence-corrected chi connectivity index (χ2v) is 3.71. The summed E-state index contributed by atoms with van der Waals surface area (Å²) in [5.41, 5.74) is 1.05. The third-order valence-corrected chi connectivity index (χ3v) is 2.10. The molecule has 2 nitrogen and oxygen atoms in total. The van der Waals surface area contributed by atoms with Crippen molar-refractivity contribution in [2.75, 3.05) is 14.2 Å². The lowest BCUT2D eigenvalue weighted by Gasteiger charge is -2.07. The highest BCUT2D eigenvalue weighted by atomic mass is 16.5. The second-order valence-electron chi connectivity index (χ2n) is 3.71. The number of ether oxygens (including phenoxy) is 2. The molecule has 1 aromatic rings. The highest BCUT2D eigenvalue weighted by Crippen LogP contribution is 2.25. The summed E-state index contributed by atoms with van der Waals surface area (Å²) in [5.74, 6) is 2.24.